The summed E-state index contributed by atoms with van der Waals surface area (Å²) in [4.78, 5) is 13.9. The van der Waals surface area contributed by atoms with E-state index in [2.05, 4.69) is 0 Å². The highest BCUT2D eigenvalue weighted by Crippen LogP contribution is 2.23. The Bertz CT molecular complexity index is 435. The topological polar surface area (TPSA) is 49.8 Å². The number of ether oxygens (including phenoxy) is 1. The van der Waals surface area contributed by atoms with Crippen LogP contribution in [0.1, 0.15) is 30.6 Å². The molecule has 0 atom stereocenters. The molecule has 0 aromatic heterocycles. The van der Waals surface area contributed by atoms with Crippen LogP contribution in [0, 0.1) is 5.82 Å². The molecule has 1 aromatic rings. The van der Waals surface area contributed by atoms with Gasteiger partial charge in [0, 0.05) is 19.2 Å². The lowest BCUT2D eigenvalue weighted by atomic mass is 10.1. The fourth-order valence-electron chi connectivity index (χ4n) is 1.86. The maximum atomic E-state index is 13.9. The Morgan fingerprint density at radius 2 is 2.16 bits per heavy atom. The SMILES string of the molecule is COc1cccc(F)c1C(=O)N(CCCO)C(C)C. The van der Waals surface area contributed by atoms with Crippen molar-refractivity contribution in [3.63, 3.8) is 0 Å². The zero-order valence-corrected chi connectivity index (χ0v) is 11.5. The van der Waals surface area contributed by atoms with Gasteiger partial charge in [0.1, 0.15) is 17.1 Å². The second kappa shape index (κ2) is 7.09. The summed E-state index contributed by atoms with van der Waals surface area (Å²) in [5.74, 6) is -0.794. The molecule has 0 aliphatic rings. The minimum absolute atomic E-state index is 0.00902. The van der Waals surface area contributed by atoms with Crippen molar-refractivity contribution in [2.75, 3.05) is 20.3 Å². The molecular formula is C14H20FNO3. The molecular weight excluding hydrogens is 249 g/mol. The molecule has 1 aromatic carbocycles. The van der Waals surface area contributed by atoms with E-state index in [-0.39, 0.29) is 24.0 Å². The number of aliphatic hydroxyl groups is 1. The van der Waals surface area contributed by atoms with Crippen molar-refractivity contribution >= 4 is 5.91 Å². The zero-order chi connectivity index (χ0) is 14.4. The van der Waals surface area contributed by atoms with Gasteiger partial charge in [0.15, 0.2) is 0 Å². The van der Waals surface area contributed by atoms with Gasteiger partial charge >= 0.3 is 0 Å². The van der Waals surface area contributed by atoms with Gasteiger partial charge in [-0.25, -0.2) is 4.39 Å². The maximum absolute atomic E-state index is 13.9. The number of hydrogen-bond donors (Lipinski definition) is 1. The molecule has 1 amide bonds. The lowest BCUT2D eigenvalue weighted by Gasteiger charge is -2.27. The van der Waals surface area contributed by atoms with E-state index in [1.807, 2.05) is 13.8 Å². The van der Waals surface area contributed by atoms with Crippen molar-refractivity contribution in [3.8, 4) is 5.75 Å². The summed E-state index contributed by atoms with van der Waals surface area (Å²) in [5.41, 5.74) is -0.0587. The summed E-state index contributed by atoms with van der Waals surface area (Å²) in [6.45, 7) is 4.07. The van der Waals surface area contributed by atoms with Gasteiger partial charge in [-0.15, -0.1) is 0 Å². The first-order valence-electron chi connectivity index (χ1n) is 6.27. The van der Waals surface area contributed by atoms with Gasteiger partial charge in [0.25, 0.3) is 5.91 Å². The fraction of sp³-hybridized carbons (Fsp3) is 0.500. The molecule has 0 aliphatic heterocycles. The van der Waals surface area contributed by atoms with Crippen LogP contribution in [0.3, 0.4) is 0 Å². The Labute approximate surface area is 112 Å². The number of amides is 1. The summed E-state index contributed by atoms with van der Waals surface area (Å²) < 4.78 is 18.9. The normalized spacial score (nSPS) is 10.6. The number of aliphatic hydroxyl groups excluding tert-OH is 1. The van der Waals surface area contributed by atoms with Gasteiger partial charge in [-0.1, -0.05) is 6.07 Å². The zero-order valence-electron chi connectivity index (χ0n) is 11.5. The third-order valence-corrected chi connectivity index (χ3v) is 2.85. The minimum atomic E-state index is -0.598. The standard InChI is InChI=1S/C14H20FNO3/c1-10(2)16(8-5-9-17)14(18)13-11(15)6-4-7-12(13)19-3/h4,6-7,10,17H,5,8-9H2,1-3H3. The summed E-state index contributed by atoms with van der Waals surface area (Å²) in [6, 6.07) is 4.21. The molecule has 0 bridgehead atoms. The molecule has 0 fully saturated rings. The Morgan fingerprint density at radius 1 is 1.47 bits per heavy atom. The van der Waals surface area contributed by atoms with Gasteiger partial charge in [0.2, 0.25) is 0 Å². The monoisotopic (exact) mass is 269 g/mol. The number of hydrogen-bond acceptors (Lipinski definition) is 3. The third kappa shape index (κ3) is 3.67. The second-order valence-corrected chi connectivity index (χ2v) is 4.49. The van der Waals surface area contributed by atoms with Crippen LogP contribution in [0.4, 0.5) is 4.39 Å². The molecule has 0 saturated heterocycles. The number of benzene rings is 1. The van der Waals surface area contributed by atoms with Gasteiger partial charge in [0.05, 0.1) is 7.11 Å². The average Bonchev–Trinajstić information content (AvgIpc) is 2.38. The number of halogens is 1. The van der Waals surface area contributed by atoms with Crippen LogP contribution in [0.15, 0.2) is 18.2 Å². The quantitative estimate of drug-likeness (QED) is 0.860. The molecule has 1 N–H and O–H groups in total. The summed E-state index contributed by atoms with van der Waals surface area (Å²) in [5, 5.41) is 8.87. The van der Waals surface area contributed by atoms with Crippen molar-refractivity contribution in [1.82, 2.24) is 4.90 Å². The summed E-state index contributed by atoms with van der Waals surface area (Å²) >= 11 is 0. The molecule has 106 valence electrons. The number of carbonyl (C=O) groups is 1. The Kier molecular flexibility index (Phi) is 5.76. The molecule has 0 spiro atoms. The van der Waals surface area contributed by atoms with Crippen molar-refractivity contribution < 1.29 is 19.0 Å². The first-order valence-corrected chi connectivity index (χ1v) is 6.27. The van der Waals surface area contributed by atoms with Gasteiger partial charge in [-0.05, 0) is 32.4 Å². The Hall–Kier alpha value is -1.62. The van der Waals surface area contributed by atoms with Crippen LogP contribution in [0.5, 0.6) is 5.75 Å². The van der Waals surface area contributed by atoms with E-state index < -0.39 is 11.7 Å². The predicted molar refractivity (Wildman–Crippen MR) is 70.8 cm³/mol. The molecule has 4 nitrogen and oxygen atoms in total. The Balaban J connectivity index is 3.09. The lowest BCUT2D eigenvalue weighted by Crippen LogP contribution is -2.38. The van der Waals surface area contributed by atoms with Crippen LogP contribution in [0.2, 0.25) is 0 Å². The maximum Gasteiger partial charge on any atom is 0.260 e. The van der Waals surface area contributed by atoms with Crippen LogP contribution in [0.25, 0.3) is 0 Å². The van der Waals surface area contributed by atoms with Crippen LogP contribution in [-0.2, 0) is 0 Å². The van der Waals surface area contributed by atoms with Crippen LogP contribution < -0.4 is 4.74 Å². The number of carbonyl (C=O) groups excluding carboxylic acids is 1. The van der Waals surface area contributed by atoms with Gasteiger partial charge < -0.3 is 14.7 Å². The summed E-state index contributed by atoms with van der Waals surface area (Å²) in [7, 11) is 1.40. The molecule has 0 unspecified atom stereocenters. The first kappa shape index (κ1) is 15.4. The predicted octanol–water partition coefficient (Wildman–Crippen LogP) is 2.07. The van der Waals surface area contributed by atoms with E-state index in [0.717, 1.165) is 0 Å². The van der Waals surface area contributed by atoms with E-state index in [0.29, 0.717) is 13.0 Å². The number of nitrogens with zero attached hydrogens (tertiary/aromatic N) is 1. The van der Waals surface area contributed by atoms with Gasteiger partial charge in [-0.2, -0.15) is 0 Å². The molecule has 0 radical (unpaired) electrons. The largest absolute Gasteiger partial charge is 0.496 e. The highest BCUT2D eigenvalue weighted by Gasteiger charge is 2.24. The van der Waals surface area contributed by atoms with Crippen molar-refractivity contribution in [2.24, 2.45) is 0 Å². The van der Waals surface area contributed by atoms with E-state index >= 15 is 0 Å². The average molecular weight is 269 g/mol. The van der Waals surface area contributed by atoms with Crippen LogP contribution in [-0.4, -0.2) is 42.2 Å². The number of methoxy groups -OCH3 is 1. The Morgan fingerprint density at radius 3 is 2.68 bits per heavy atom. The molecule has 0 aliphatic carbocycles. The van der Waals surface area contributed by atoms with E-state index in [1.165, 1.54) is 24.1 Å². The number of rotatable bonds is 6. The molecule has 0 heterocycles. The van der Waals surface area contributed by atoms with Crippen molar-refractivity contribution in [3.05, 3.63) is 29.6 Å². The van der Waals surface area contributed by atoms with Crippen molar-refractivity contribution in [2.45, 2.75) is 26.3 Å². The highest BCUT2D eigenvalue weighted by atomic mass is 19.1. The van der Waals surface area contributed by atoms with E-state index in [1.54, 1.807) is 6.07 Å². The fourth-order valence-corrected chi connectivity index (χ4v) is 1.86. The van der Waals surface area contributed by atoms with Gasteiger partial charge in [-0.3, -0.25) is 4.79 Å². The second-order valence-electron chi connectivity index (χ2n) is 4.49. The van der Waals surface area contributed by atoms with E-state index in [4.69, 9.17) is 9.84 Å². The molecule has 19 heavy (non-hydrogen) atoms. The van der Waals surface area contributed by atoms with Crippen molar-refractivity contribution in [1.29, 1.82) is 0 Å². The first-order chi connectivity index (χ1) is 9.02. The lowest BCUT2D eigenvalue weighted by molar-refractivity contribution is 0.0684. The molecule has 0 saturated carbocycles. The third-order valence-electron chi connectivity index (χ3n) is 2.85. The van der Waals surface area contributed by atoms with Crippen LogP contribution >= 0.6 is 0 Å². The minimum Gasteiger partial charge on any atom is -0.496 e. The molecule has 5 heteroatoms. The van der Waals surface area contributed by atoms with E-state index in [9.17, 15) is 9.18 Å². The smallest absolute Gasteiger partial charge is 0.260 e. The highest BCUT2D eigenvalue weighted by molar-refractivity contribution is 5.97. The molecule has 1 rings (SSSR count). The summed E-state index contributed by atoms with van der Waals surface area (Å²) in [6.07, 6.45) is 0.459.